The van der Waals surface area contributed by atoms with Crippen LogP contribution >= 0.6 is 0 Å². The highest BCUT2D eigenvalue weighted by molar-refractivity contribution is 5.64. The highest BCUT2D eigenvalue weighted by atomic mass is 16.5. The van der Waals surface area contributed by atoms with E-state index in [2.05, 4.69) is 43.2 Å². The quantitative estimate of drug-likeness (QED) is 0.744. The zero-order valence-electron chi connectivity index (χ0n) is 14.2. The van der Waals surface area contributed by atoms with E-state index in [1.807, 2.05) is 35.0 Å². The standard InChI is InChI=1S/C20H23N3O/c1-3-12-24-18-10-8-16(9-11-18)20-13-17(14-21)22-23(20)19-7-5-4-6-15(19)2/h4-11,13H,3,12,14,21H2,1-2H3. The Labute approximate surface area is 142 Å². The number of ether oxygens (including phenoxy) is 1. The smallest absolute Gasteiger partial charge is 0.119 e. The first kappa shape index (κ1) is 16.3. The summed E-state index contributed by atoms with van der Waals surface area (Å²) in [4.78, 5) is 0. The summed E-state index contributed by atoms with van der Waals surface area (Å²) in [6.07, 6.45) is 1.00. The molecular formula is C20H23N3O. The molecule has 1 aromatic heterocycles. The Bertz CT molecular complexity index is 806. The van der Waals surface area contributed by atoms with Gasteiger partial charge in [0.2, 0.25) is 0 Å². The summed E-state index contributed by atoms with van der Waals surface area (Å²) >= 11 is 0. The molecule has 0 atom stereocenters. The van der Waals surface area contributed by atoms with Crippen molar-refractivity contribution in [3.05, 3.63) is 65.9 Å². The van der Waals surface area contributed by atoms with Gasteiger partial charge in [-0.05, 0) is 55.3 Å². The van der Waals surface area contributed by atoms with E-state index in [1.54, 1.807) is 0 Å². The fourth-order valence-electron chi connectivity index (χ4n) is 2.66. The number of para-hydroxylation sites is 1. The maximum atomic E-state index is 5.81. The van der Waals surface area contributed by atoms with E-state index >= 15 is 0 Å². The Morgan fingerprint density at radius 1 is 1.08 bits per heavy atom. The van der Waals surface area contributed by atoms with Crippen molar-refractivity contribution < 1.29 is 4.74 Å². The summed E-state index contributed by atoms with van der Waals surface area (Å²) in [7, 11) is 0. The molecule has 4 heteroatoms. The molecule has 0 saturated carbocycles. The number of aromatic nitrogens is 2. The third kappa shape index (κ3) is 3.34. The van der Waals surface area contributed by atoms with Crippen molar-refractivity contribution in [3.63, 3.8) is 0 Å². The molecular weight excluding hydrogens is 298 g/mol. The van der Waals surface area contributed by atoms with E-state index in [9.17, 15) is 0 Å². The molecule has 0 amide bonds. The van der Waals surface area contributed by atoms with Gasteiger partial charge in [-0.15, -0.1) is 0 Å². The average Bonchev–Trinajstić information content (AvgIpc) is 3.05. The molecule has 0 bridgehead atoms. The molecule has 0 radical (unpaired) electrons. The topological polar surface area (TPSA) is 53.1 Å². The molecule has 3 rings (SSSR count). The van der Waals surface area contributed by atoms with E-state index in [1.165, 1.54) is 5.56 Å². The Balaban J connectivity index is 2.01. The second-order valence-electron chi connectivity index (χ2n) is 5.80. The lowest BCUT2D eigenvalue weighted by atomic mass is 10.1. The molecule has 2 N–H and O–H groups in total. The number of hydrogen-bond acceptors (Lipinski definition) is 3. The minimum atomic E-state index is 0.420. The predicted octanol–water partition coefficient (Wildman–Crippen LogP) is 4.10. The number of benzene rings is 2. The highest BCUT2D eigenvalue weighted by Gasteiger charge is 2.12. The predicted molar refractivity (Wildman–Crippen MR) is 97.4 cm³/mol. The number of aryl methyl sites for hydroxylation is 1. The van der Waals surface area contributed by atoms with E-state index < -0.39 is 0 Å². The van der Waals surface area contributed by atoms with E-state index in [-0.39, 0.29) is 0 Å². The van der Waals surface area contributed by atoms with Crippen LogP contribution in [0.4, 0.5) is 0 Å². The lowest BCUT2D eigenvalue weighted by molar-refractivity contribution is 0.317. The van der Waals surface area contributed by atoms with Crippen molar-refractivity contribution in [2.24, 2.45) is 5.73 Å². The van der Waals surface area contributed by atoms with Gasteiger partial charge in [0.15, 0.2) is 0 Å². The summed E-state index contributed by atoms with van der Waals surface area (Å²) in [6, 6.07) is 18.4. The maximum absolute atomic E-state index is 5.81. The molecule has 0 spiro atoms. The fraction of sp³-hybridized carbons (Fsp3) is 0.250. The van der Waals surface area contributed by atoms with Gasteiger partial charge in [-0.3, -0.25) is 0 Å². The van der Waals surface area contributed by atoms with Crippen molar-refractivity contribution in [2.45, 2.75) is 26.8 Å². The van der Waals surface area contributed by atoms with Crippen molar-refractivity contribution in [2.75, 3.05) is 6.61 Å². The lowest BCUT2D eigenvalue weighted by Gasteiger charge is -2.11. The summed E-state index contributed by atoms with van der Waals surface area (Å²) in [5, 5.41) is 4.67. The normalized spacial score (nSPS) is 10.8. The number of rotatable bonds is 6. The number of nitrogens with zero attached hydrogens (tertiary/aromatic N) is 2. The van der Waals surface area contributed by atoms with Crippen LogP contribution in [0.2, 0.25) is 0 Å². The summed E-state index contributed by atoms with van der Waals surface area (Å²) < 4.78 is 7.64. The fourth-order valence-corrected chi connectivity index (χ4v) is 2.66. The van der Waals surface area contributed by atoms with Gasteiger partial charge in [-0.2, -0.15) is 5.10 Å². The largest absolute Gasteiger partial charge is 0.494 e. The van der Waals surface area contributed by atoms with Crippen molar-refractivity contribution in [1.82, 2.24) is 9.78 Å². The summed E-state index contributed by atoms with van der Waals surface area (Å²) in [6.45, 7) is 5.34. The second kappa shape index (κ2) is 7.32. The van der Waals surface area contributed by atoms with Crippen LogP contribution in [-0.2, 0) is 6.54 Å². The molecule has 2 aromatic carbocycles. The van der Waals surface area contributed by atoms with E-state index in [0.29, 0.717) is 6.54 Å². The van der Waals surface area contributed by atoms with Gasteiger partial charge < -0.3 is 10.5 Å². The molecule has 24 heavy (non-hydrogen) atoms. The van der Waals surface area contributed by atoms with E-state index in [4.69, 9.17) is 10.5 Å². The van der Waals surface area contributed by atoms with Crippen LogP contribution in [0.15, 0.2) is 54.6 Å². The van der Waals surface area contributed by atoms with Gasteiger partial charge in [-0.25, -0.2) is 4.68 Å². The highest BCUT2D eigenvalue weighted by Crippen LogP contribution is 2.27. The molecule has 0 aliphatic rings. The van der Waals surface area contributed by atoms with Crippen LogP contribution in [0.1, 0.15) is 24.6 Å². The number of nitrogens with two attached hydrogens (primary N) is 1. The lowest BCUT2D eigenvalue weighted by Crippen LogP contribution is -2.03. The van der Waals surface area contributed by atoms with Gasteiger partial charge in [0.05, 0.1) is 23.7 Å². The summed E-state index contributed by atoms with van der Waals surface area (Å²) in [5.74, 6) is 0.890. The average molecular weight is 321 g/mol. The molecule has 0 fully saturated rings. The van der Waals surface area contributed by atoms with Gasteiger partial charge in [0.1, 0.15) is 5.75 Å². The van der Waals surface area contributed by atoms with Gasteiger partial charge in [-0.1, -0.05) is 25.1 Å². The molecule has 0 saturated heterocycles. The second-order valence-corrected chi connectivity index (χ2v) is 5.80. The monoisotopic (exact) mass is 321 g/mol. The Kier molecular flexibility index (Phi) is 4.96. The first-order valence-electron chi connectivity index (χ1n) is 8.31. The third-order valence-electron chi connectivity index (χ3n) is 3.94. The van der Waals surface area contributed by atoms with Crippen LogP contribution in [-0.4, -0.2) is 16.4 Å². The van der Waals surface area contributed by atoms with Crippen LogP contribution in [0, 0.1) is 6.92 Å². The SMILES string of the molecule is CCCOc1ccc(-c2cc(CN)nn2-c2ccccc2C)cc1. The molecule has 0 aliphatic heterocycles. The molecule has 1 heterocycles. The van der Waals surface area contributed by atoms with Gasteiger partial charge in [0.25, 0.3) is 0 Å². The number of hydrogen-bond donors (Lipinski definition) is 1. The Hall–Kier alpha value is -2.59. The Morgan fingerprint density at radius 2 is 1.83 bits per heavy atom. The van der Waals surface area contributed by atoms with Crippen LogP contribution in [0.3, 0.4) is 0 Å². The van der Waals surface area contributed by atoms with Crippen molar-refractivity contribution in [3.8, 4) is 22.7 Å². The van der Waals surface area contributed by atoms with Crippen LogP contribution in [0.5, 0.6) is 5.75 Å². The van der Waals surface area contributed by atoms with Crippen molar-refractivity contribution in [1.29, 1.82) is 0 Å². The summed E-state index contributed by atoms with van der Waals surface area (Å²) in [5.41, 5.74) is 11.1. The first-order chi connectivity index (χ1) is 11.7. The van der Waals surface area contributed by atoms with Crippen LogP contribution < -0.4 is 10.5 Å². The molecule has 3 aromatic rings. The molecule has 4 nitrogen and oxygen atoms in total. The first-order valence-corrected chi connectivity index (χ1v) is 8.31. The van der Waals surface area contributed by atoms with Crippen molar-refractivity contribution >= 4 is 0 Å². The molecule has 124 valence electrons. The minimum Gasteiger partial charge on any atom is -0.494 e. The minimum absolute atomic E-state index is 0.420. The zero-order chi connectivity index (χ0) is 16.9. The molecule has 0 aliphatic carbocycles. The molecule has 0 unspecified atom stereocenters. The third-order valence-corrected chi connectivity index (χ3v) is 3.94. The Morgan fingerprint density at radius 3 is 2.50 bits per heavy atom. The van der Waals surface area contributed by atoms with Gasteiger partial charge in [0, 0.05) is 12.1 Å². The van der Waals surface area contributed by atoms with E-state index in [0.717, 1.165) is 41.4 Å². The van der Waals surface area contributed by atoms with Crippen LogP contribution in [0.25, 0.3) is 16.9 Å². The zero-order valence-corrected chi connectivity index (χ0v) is 14.2. The maximum Gasteiger partial charge on any atom is 0.119 e. The van der Waals surface area contributed by atoms with Gasteiger partial charge >= 0.3 is 0 Å².